The minimum Gasteiger partial charge on any atom is -0.424 e. The number of carbonyl (C=O) groups excluding carboxylic acids is 4. The highest BCUT2D eigenvalue weighted by atomic mass is 19.1. The van der Waals surface area contributed by atoms with Crippen LogP contribution in [-0.4, -0.2) is 61.2 Å². The standard InChI is InChI=1S/C25H31FN6O5/c1-13(2)20(31-22(33)14(3)27-4)24(35)32-19(12-15-7-6-10-29-21(15)32)37-25(36)30-18-9-8-16(11-17(18)26)23(34)28-5/h6-11,13-14,19-20,27H,12H2,1-5H3,(H,28,34)(H,30,36)(H,31,33)/t14-,19-,20-/m0/s1. The Morgan fingerprint density at radius 1 is 1.14 bits per heavy atom. The highest BCUT2D eigenvalue weighted by Crippen LogP contribution is 2.32. The summed E-state index contributed by atoms with van der Waals surface area (Å²) in [6, 6.07) is 5.59. The Labute approximate surface area is 214 Å². The third-order valence-corrected chi connectivity index (χ3v) is 6.01. The summed E-state index contributed by atoms with van der Waals surface area (Å²) in [7, 11) is 3.05. The van der Waals surface area contributed by atoms with Crippen molar-refractivity contribution in [2.24, 2.45) is 5.92 Å². The van der Waals surface area contributed by atoms with Crippen LogP contribution in [0.2, 0.25) is 0 Å². The monoisotopic (exact) mass is 514 g/mol. The number of pyridine rings is 1. The molecule has 0 saturated carbocycles. The third-order valence-electron chi connectivity index (χ3n) is 6.01. The molecular formula is C25H31FN6O5. The van der Waals surface area contributed by atoms with E-state index in [-0.39, 0.29) is 29.5 Å². The van der Waals surface area contributed by atoms with Crippen molar-refractivity contribution < 1.29 is 28.3 Å². The van der Waals surface area contributed by atoms with Gasteiger partial charge in [-0.25, -0.2) is 14.2 Å². The second-order valence-electron chi connectivity index (χ2n) is 8.90. The molecule has 0 unspecified atom stereocenters. The molecule has 4 N–H and O–H groups in total. The quantitative estimate of drug-likeness (QED) is 0.421. The van der Waals surface area contributed by atoms with E-state index in [1.807, 2.05) is 0 Å². The van der Waals surface area contributed by atoms with Crippen molar-refractivity contribution >= 4 is 35.3 Å². The van der Waals surface area contributed by atoms with Gasteiger partial charge in [0.25, 0.3) is 11.8 Å². The van der Waals surface area contributed by atoms with Crippen LogP contribution in [0, 0.1) is 11.7 Å². The lowest BCUT2D eigenvalue weighted by molar-refractivity contribution is -0.130. The molecule has 1 aromatic heterocycles. The lowest BCUT2D eigenvalue weighted by Gasteiger charge is -2.31. The Bertz CT molecular complexity index is 1190. The number of nitrogens with zero attached hydrogens (tertiary/aromatic N) is 2. The van der Waals surface area contributed by atoms with Crippen LogP contribution in [0.15, 0.2) is 36.5 Å². The normalized spacial score (nSPS) is 16.0. The van der Waals surface area contributed by atoms with Crippen LogP contribution in [0.5, 0.6) is 0 Å². The van der Waals surface area contributed by atoms with Gasteiger partial charge in [0.15, 0.2) is 6.23 Å². The summed E-state index contributed by atoms with van der Waals surface area (Å²) >= 11 is 0. The van der Waals surface area contributed by atoms with Crippen LogP contribution < -0.4 is 26.2 Å². The smallest absolute Gasteiger partial charge is 0.413 e. The molecule has 0 radical (unpaired) electrons. The van der Waals surface area contributed by atoms with Crippen molar-refractivity contribution in [3.8, 4) is 0 Å². The minimum atomic E-state index is -1.08. The number of ether oxygens (including phenoxy) is 1. The molecule has 3 rings (SSSR count). The highest BCUT2D eigenvalue weighted by molar-refractivity contribution is 6.01. The van der Waals surface area contributed by atoms with E-state index in [0.717, 1.165) is 6.07 Å². The number of amides is 4. The van der Waals surface area contributed by atoms with Crippen molar-refractivity contribution in [1.82, 2.24) is 20.9 Å². The number of fused-ring (bicyclic) bond motifs is 1. The van der Waals surface area contributed by atoms with E-state index in [4.69, 9.17) is 4.74 Å². The van der Waals surface area contributed by atoms with Crippen LogP contribution in [0.4, 0.5) is 20.7 Å². The molecule has 1 aliphatic rings. The van der Waals surface area contributed by atoms with Crippen molar-refractivity contribution in [3.63, 3.8) is 0 Å². The molecule has 198 valence electrons. The van der Waals surface area contributed by atoms with Gasteiger partial charge in [-0.05, 0) is 44.2 Å². The molecule has 2 heterocycles. The van der Waals surface area contributed by atoms with E-state index in [9.17, 15) is 23.6 Å². The predicted octanol–water partition coefficient (Wildman–Crippen LogP) is 1.79. The van der Waals surface area contributed by atoms with Gasteiger partial charge in [0.2, 0.25) is 5.91 Å². The number of halogens is 1. The lowest BCUT2D eigenvalue weighted by atomic mass is 10.0. The van der Waals surface area contributed by atoms with Crippen molar-refractivity contribution in [2.75, 3.05) is 24.3 Å². The fourth-order valence-electron chi connectivity index (χ4n) is 3.80. The van der Waals surface area contributed by atoms with Gasteiger partial charge in [-0.3, -0.25) is 24.6 Å². The Hall–Kier alpha value is -4.06. The van der Waals surface area contributed by atoms with Crippen molar-refractivity contribution in [1.29, 1.82) is 0 Å². The molecule has 11 nitrogen and oxygen atoms in total. The second kappa shape index (κ2) is 11.8. The zero-order chi connectivity index (χ0) is 27.3. The van der Waals surface area contributed by atoms with Gasteiger partial charge in [0, 0.05) is 30.8 Å². The Kier molecular flexibility index (Phi) is 8.77. The molecule has 0 spiro atoms. The largest absolute Gasteiger partial charge is 0.424 e. The van der Waals surface area contributed by atoms with Gasteiger partial charge in [0.05, 0.1) is 11.7 Å². The molecule has 37 heavy (non-hydrogen) atoms. The average Bonchev–Trinajstić information content (AvgIpc) is 3.24. The van der Waals surface area contributed by atoms with Crippen LogP contribution in [0.3, 0.4) is 0 Å². The summed E-state index contributed by atoms with van der Waals surface area (Å²) in [5, 5.41) is 10.3. The third kappa shape index (κ3) is 6.20. The van der Waals surface area contributed by atoms with E-state index in [1.54, 1.807) is 40.0 Å². The first-order valence-corrected chi connectivity index (χ1v) is 11.8. The summed E-state index contributed by atoms with van der Waals surface area (Å²) < 4.78 is 20.0. The number of benzene rings is 1. The summed E-state index contributed by atoms with van der Waals surface area (Å²) in [4.78, 5) is 56.1. The first-order valence-electron chi connectivity index (χ1n) is 11.8. The van der Waals surface area contributed by atoms with E-state index in [1.165, 1.54) is 30.3 Å². The first-order chi connectivity index (χ1) is 17.6. The van der Waals surface area contributed by atoms with Gasteiger partial charge in [-0.15, -0.1) is 0 Å². The second-order valence-corrected chi connectivity index (χ2v) is 8.90. The molecule has 4 amide bonds. The van der Waals surface area contributed by atoms with E-state index >= 15 is 0 Å². The average molecular weight is 515 g/mol. The van der Waals surface area contributed by atoms with E-state index in [0.29, 0.717) is 11.4 Å². The summed E-state index contributed by atoms with van der Waals surface area (Å²) in [6.45, 7) is 5.24. The number of anilines is 2. The molecule has 2 aromatic rings. The lowest BCUT2D eigenvalue weighted by Crippen LogP contribution is -2.56. The van der Waals surface area contributed by atoms with E-state index < -0.39 is 42.0 Å². The molecule has 3 atom stereocenters. The summed E-state index contributed by atoms with van der Waals surface area (Å²) in [5.41, 5.74) is 0.562. The highest BCUT2D eigenvalue weighted by Gasteiger charge is 2.42. The zero-order valence-corrected chi connectivity index (χ0v) is 21.3. The molecule has 1 aromatic carbocycles. The SMILES string of the molecule is CNC(=O)c1ccc(NC(=O)O[C@H]2Cc3cccnc3N2C(=O)[C@@H](NC(=O)[C@H](C)NC)C(C)C)c(F)c1. The molecule has 0 fully saturated rings. The van der Waals surface area contributed by atoms with Crippen LogP contribution in [0.1, 0.15) is 36.7 Å². The number of aromatic nitrogens is 1. The number of likely N-dealkylation sites (N-methyl/N-ethyl adjacent to an activating group) is 1. The predicted molar refractivity (Wildman–Crippen MR) is 134 cm³/mol. The molecule has 0 saturated heterocycles. The number of hydrogen-bond donors (Lipinski definition) is 4. The zero-order valence-electron chi connectivity index (χ0n) is 21.3. The number of rotatable bonds is 8. The van der Waals surface area contributed by atoms with Crippen molar-refractivity contribution in [3.05, 3.63) is 53.5 Å². The number of carbonyl (C=O) groups is 4. The Morgan fingerprint density at radius 2 is 1.86 bits per heavy atom. The topological polar surface area (TPSA) is 142 Å². The summed E-state index contributed by atoms with van der Waals surface area (Å²) in [6.07, 6.45) is -0.412. The molecule has 1 aliphatic heterocycles. The maximum Gasteiger partial charge on any atom is 0.413 e. The molecule has 12 heteroatoms. The number of hydrogen-bond acceptors (Lipinski definition) is 7. The van der Waals surface area contributed by atoms with Gasteiger partial charge in [-0.2, -0.15) is 0 Å². The van der Waals surface area contributed by atoms with Crippen molar-refractivity contribution in [2.45, 2.75) is 45.5 Å². The molecule has 0 bridgehead atoms. The van der Waals surface area contributed by atoms with Crippen LogP contribution >= 0.6 is 0 Å². The minimum absolute atomic E-state index is 0.0855. The molecular weight excluding hydrogens is 483 g/mol. The fourth-order valence-corrected chi connectivity index (χ4v) is 3.80. The Balaban J connectivity index is 1.81. The maximum absolute atomic E-state index is 14.5. The van der Waals surface area contributed by atoms with Crippen LogP contribution in [0.25, 0.3) is 0 Å². The summed E-state index contributed by atoms with van der Waals surface area (Å²) in [5.74, 6) is -2.13. The van der Waals surface area contributed by atoms with Gasteiger partial charge >= 0.3 is 6.09 Å². The van der Waals surface area contributed by atoms with Crippen LogP contribution in [-0.2, 0) is 20.7 Å². The van der Waals surface area contributed by atoms with Gasteiger partial charge in [0.1, 0.15) is 17.7 Å². The maximum atomic E-state index is 14.5. The van der Waals surface area contributed by atoms with E-state index in [2.05, 4.69) is 26.3 Å². The first kappa shape index (κ1) is 27.5. The molecule has 0 aliphatic carbocycles. The number of nitrogens with one attached hydrogen (secondary N) is 4. The van der Waals surface area contributed by atoms with Gasteiger partial charge < -0.3 is 20.7 Å². The van der Waals surface area contributed by atoms with Gasteiger partial charge in [-0.1, -0.05) is 19.9 Å². The fraction of sp³-hybridized carbons (Fsp3) is 0.400. The Morgan fingerprint density at radius 3 is 2.49 bits per heavy atom.